The molecule has 1 saturated heterocycles. The molecule has 1 aromatic rings. The van der Waals surface area contributed by atoms with Crippen LogP contribution >= 0.6 is 7.82 Å². The van der Waals surface area contributed by atoms with Crippen LogP contribution in [-0.2, 0) is 26.3 Å². The van der Waals surface area contributed by atoms with Crippen molar-refractivity contribution in [2.45, 2.75) is 153 Å². The number of phosphoric ester groups is 1. The molecular formula is C38H57F5NO8PS. The predicted octanol–water partition coefficient (Wildman–Crippen LogP) is 9.40. The summed E-state index contributed by atoms with van der Waals surface area (Å²) in [5.74, 6) is -2.58. The van der Waals surface area contributed by atoms with Crippen LogP contribution in [0.1, 0.15) is 133 Å². The van der Waals surface area contributed by atoms with E-state index >= 15 is 0 Å². The third-order valence-electron chi connectivity index (χ3n) is 12.7. The Bertz CT molecular complexity index is 1500. The molecule has 16 heteroatoms. The van der Waals surface area contributed by atoms with E-state index in [-0.39, 0.29) is 23.8 Å². The molecule has 1 aromatic carbocycles. The van der Waals surface area contributed by atoms with Crippen molar-refractivity contribution in [1.82, 2.24) is 4.90 Å². The highest BCUT2D eigenvalue weighted by molar-refractivity contribution is 7.84. The summed E-state index contributed by atoms with van der Waals surface area (Å²) in [7, 11) is -6.21. The van der Waals surface area contributed by atoms with Gasteiger partial charge in [-0.25, -0.2) is 9.36 Å². The number of fused-ring (bicyclic) bond motifs is 5. The molecule has 3 aliphatic carbocycles. The third kappa shape index (κ3) is 10.8. The number of carbonyl (C=O) groups excluding carboxylic acids is 1. The van der Waals surface area contributed by atoms with E-state index in [4.69, 9.17) is 9.26 Å². The molecule has 3 fully saturated rings. The van der Waals surface area contributed by atoms with Crippen LogP contribution in [0.3, 0.4) is 0 Å². The number of nitrogens with zero attached hydrogens (tertiary/aromatic N) is 1. The molecule has 1 aliphatic heterocycles. The van der Waals surface area contributed by atoms with Crippen molar-refractivity contribution in [3.05, 3.63) is 29.3 Å². The number of amides is 1. The topological polar surface area (TPSA) is 134 Å². The zero-order valence-electron chi connectivity index (χ0n) is 31.1. The SMILES string of the molecule is C[C@]12CC[C@@H]3c4ccc(OC(=O)N5CCCCC5OP(=O)(O)O)cc4C[C@@H](CCCCCCCCCS(=O)CCCC(F)(F)C(F)(F)F)[C@H]3[C@@H]1CC[C@@H]2O. The maximum atomic E-state index is 13.2. The minimum Gasteiger partial charge on any atom is -0.410 e. The van der Waals surface area contributed by atoms with Crippen LogP contribution in [0.25, 0.3) is 0 Å². The molecule has 3 N–H and O–H groups in total. The zero-order valence-corrected chi connectivity index (χ0v) is 32.8. The first-order valence-corrected chi connectivity index (χ1v) is 22.7. The zero-order chi connectivity index (χ0) is 39.3. The van der Waals surface area contributed by atoms with Gasteiger partial charge >= 0.3 is 26.0 Å². The first-order chi connectivity index (χ1) is 25.4. The Morgan fingerprint density at radius 1 is 0.963 bits per heavy atom. The van der Waals surface area contributed by atoms with Crippen molar-refractivity contribution in [3.63, 3.8) is 0 Å². The quantitative estimate of drug-likeness (QED) is 0.0806. The lowest BCUT2D eigenvalue weighted by Crippen LogP contribution is -2.47. The number of halogens is 5. The first-order valence-electron chi connectivity index (χ1n) is 19.7. The summed E-state index contributed by atoms with van der Waals surface area (Å²) in [4.78, 5) is 33.2. The van der Waals surface area contributed by atoms with E-state index < -0.39 is 55.9 Å². The maximum absolute atomic E-state index is 13.2. The fraction of sp³-hybridized carbons (Fsp3) is 0.816. The number of likely N-dealkylation sites (tertiary alicyclic amines) is 1. The molecule has 1 amide bonds. The molecule has 0 spiro atoms. The lowest BCUT2D eigenvalue weighted by atomic mass is 9.52. The van der Waals surface area contributed by atoms with Crippen LogP contribution in [0.5, 0.6) is 5.75 Å². The number of piperidine rings is 1. The predicted molar refractivity (Wildman–Crippen MR) is 194 cm³/mol. The standard InChI is InChI=1S/C38H57F5NO8PS/c1-36-20-18-30-29-15-14-28(51-35(46)44-21-9-8-13-33(44)52-53(47,48)49)25-27(29)24-26(34(30)31(36)16-17-32(36)45)12-7-5-3-2-4-6-10-22-54(50)23-11-19-37(39,40)38(41,42)43/h14-15,25-26,30-34,45H,2-13,16-24H2,1H3,(H2,47,48,49)/t26-,30-,31+,32+,33?,34-,36+,54?/m1/s1. The number of aliphatic hydroxyl groups excluding tert-OH is 1. The molecule has 2 unspecified atom stereocenters. The van der Waals surface area contributed by atoms with Crippen molar-refractivity contribution in [2.24, 2.45) is 23.2 Å². The van der Waals surface area contributed by atoms with Gasteiger partial charge in [0.05, 0.1) is 6.10 Å². The Balaban J connectivity index is 1.12. The van der Waals surface area contributed by atoms with Gasteiger partial charge in [0.1, 0.15) is 12.0 Å². The highest BCUT2D eigenvalue weighted by Crippen LogP contribution is 2.63. The van der Waals surface area contributed by atoms with Gasteiger partial charge in [0.25, 0.3) is 0 Å². The van der Waals surface area contributed by atoms with Crippen LogP contribution in [0, 0.1) is 23.2 Å². The molecule has 2 saturated carbocycles. The molecular weight excluding hydrogens is 756 g/mol. The summed E-state index contributed by atoms with van der Waals surface area (Å²) in [6.45, 7) is 2.53. The van der Waals surface area contributed by atoms with Crippen molar-refractivity contribution < 1.29 is 59.7 Å². The highest BCUT2D eigenvalue weighted by Gasteiger charge is 2.57. The summed E-state index contributed by atoms with van der Waals surface area (Å²) in [5, 5.41) is 11.0. The number of aliphatic hydroxyl groups is 1. The highest BCUT2D eigenvalue weighted by atomic mass is 32.2. The minimum absolute atomic E-state index is 0.0929. The molecule has 0 aromatic heterocycles. The number of ether oxygens (including phenoxy) is 1. The monoisotopic (exact) mass is 813 g/mol. The van der Waals surface area contributed by atoms with E-state index in [1.54, 1.807) is 0 Å². The van der Waals surface area contributed by atoms with Crippen LogP contribution in [0.4, 0.5) is 26.7 Å². The van der Waals surface area contributed by atoms with E-state index in [2.05, 4.69) is 13.0 Å². The second kappa shape index (κ2) is 18.3. The van der Waals surface area contributed by atoms with Crippen LogP contribution in [-0.4, -0.2) is 72.6 Å². The van der Waals surface area contributed by atoms with Gasteiger partial charge in [-0.2, -0.15) is 22.0 Å². The number of carbonyl (C=O) groups is 1. The Labute approximate surface area is 317 Å². The smallest absolute Gasteiger partial charge is 0.410 e. The molecule has 308 valence electrons. The van der Waals surface area contributed by atoms with E-state index in [1.807, 2.05) is 12.1 Å². The first kappa shape index (κ1) is 43.5. The second-order valence-electron chi connectivity index (χ2n) is 16.3. The summed E-state index contributed by atoms with van der Waals surface area (Å²) < 4.78 is 97.4. The van der Waals surface area contributed by atoms with Gasteiger partial charge < -0.3 is 19.6 Å². The average Bonchev–Trinajstić information content (AvgIpc) is 3.39. The Morgan fingerprint density at radius 3 is 2.35 bits per heavy atom. The Morgan fingerprint density at radius 2 is 1.65 bits per heavy atom. The van der Waals surface area contributed by atoms with Crippen LogP contribution in [0.15, 0.2) is 18.2 Å². The largest absolute Gasteiger partial charge is 0.471 e. The van der Waals surface area contributed by atoms with Gasteiger partial charge in [-0.05, 0) is 123 Å². The van der Waals surface area contributed by atoms with E-state index in [0.29, 0.717) is 60.9 Å². The summed E-state index contributed by atoms with van der Waals surface area (Å²) in [5.41, 5.74) is 2.34. The number of unbranched alkanes of at least 4 members (excludes halogenated alkanes) is 6. The number of alkyl halides is 5. The van der Waals surface area contributed by atoms with Gasteiger partial charge in [-0.1, -0.05) is 51.5 Å². The maximum Gasteiger partial charge on any atom is 0.471 e. The van der Waals surface area contributed by atoms with Crippen molar-refractivity contribution in [2.75, 3.05) is 18.1 Å². The lowest BCUT2D eigenvalue weighted by Gasteiger charge is -2.53. The average molecular weight is 814 g/mol. The van der Waals surface area contributed by atoms with Crippen molar-refractivity contribution in [3.8, 4) is 5.75 Å². The lowest BCUT2D eigenvalue weighted by molar-refractivity contribution is -0.284. The van der Waals surface area contributed by atoms with Crippen LogP contribution < -0.4 is 4.74 Å². The molecule has 8 atom stereocenters. The Hall–Kier alpha value is -1.64. The van der Waals surface area contributed by atoms with E-state index in [1.165, 1.54) is 10.5 Å². The molecule has 4 aliphatic rings. The molecule has 5 rings (SSSR count). The second-order valence-corrected chi connectivity index (χ2v) is 19.2. The number of hydrogen-bond donors (Lipinski definition) is 3. The van der Waals surface area contributed by atoms with Gasteiger partial charge in [-0.15, -0.1) is 0 Å². The molecule has 0 radical (unpaired) electrons. The van der Waals surface area contributed by atoms with E-state index in [0.717, 1.165) is 82.6 Å². The summed E-state index contributed by atoms with van der Waals surface area (Å²) in [6, 6.07) is 5.83. The molecule has 1 heterocycles. The fourth-order valence-corrected chi connectivity index (χ4v) is 11.6. The molecule has 9 nitrogen and oxygen atoms in total. The molecule has 54 heavy (non-hydrogen) atoms. The third-order valence-corrected chi connectivity index (χ3v) is 14.7. The number of rotatable bonds is 17. The van der Waals surface area contributed by atoms with Gasteiger partial charge in [0, 0.05) is 35.3 Å². The van der Waals surface area contributed by atoms with Crippen molar-refractivity contribution in [1.29, 1.82) is 0 Å². The number of phosphoric acid groups is 1. The summed E-state index contributed by atoms with van der Waals surface area (Å²) >= 11 is 0. The Kier molecular flexibility index (Phi) is 14.7. The van der Waals surface area contributed by atoms with Crippen LogP contribution in [0.2, 0.25) is 0 Å². The number of benzene rings is 1. The summed E-state index contributed by atoms with van der Waals surface area (Å²) in [6.07, 6.45) is 4.47. The van der Waals surface area contributed by atoms with Crippen molar-refractivity contribution >= 4 is 24.7 Å². The van der Waals surface area contributed by atoms with Gasteiger partial charge in [0.2, 0.25) is 0 Å². The molecule has 0 bridgehead atoms. The fourth-order valence-electron chi connectivity index (χ4n) is 9.87. The van der Waals surface area contributed by atoms with Gasteiger partial charge in [-0.3, -0.25) is 13.6 Å². The van der Waals surface area contributed by atoms with Gasteiger partial charge in [0.15, 0.2) is 0 Å². The normalized spacial score (nSPS) is 29.3. The van der Waals surface area contributed by atoms with E-state index in [9.17, 15) is 50.4 Å². The minimum atomic E-state index is -5.58. The number of hydrogen-bond acceptors (Lipinski definition) is 6.